The van der Waals surface area contributed by atoms with E-state index in [2.05, 4.69) is 11.3 Å². The van der Waals surface area contributed by atoms with Gasteiger partial charge < -0.3 is 4.74 Å². The van der Waals surface area contributed by atoms with Crippen LogP contribution in [0.25, 0.3) is 0 Å². The summed E-state index contributed by atoms with van der Waals surface area (Å²) in [5, 5.41) is 0. The second-order valence-electron chi connectivity index (χ2n) is 1.97. The Morgan fingerprint density at radius 2 is 2.00 bits per heavy atom. The molecule has 0 aliphatic carbocycles. The SMILES string of the molecule is C=C(COC)CC(F)(F)F. The highest BCUT2D eigenvalue weighted by Crippen LogP contribution is 2.23. The van der Waals surface area contributed by atoms with Gasteiger partial charge in [-0.05, 0) is 5.57 Å². The zero-order chi connectivity index (χ0) is 8.20. The fourth-order valence-corrected chi connectivity index (χ4v) is 0.539. The van der Waals surface area contributed by atoms with Crippen LogP contribution in [0, 0.1) is 0 Å². The molecule has 0 rings (SSSR count). The highest BCUT2D eigenvalue weighted by atomic mass is 19.4. The van der Waals surface area contributed by atoms with Crippen molar-refractivity contribution in [1.29, 1.82) is 0 Å². The molecular weight excluding hydrogens is 145 g/mol. The van der Waals surface area contributed by atoms with Crippen LogP contribution in [0.4, 0.5) is 13.2 Å². The lowest BCUT2D eigenvalue weighted by Crippen LogP contribution is -2.10. The lowest BCUT2D eigenvalue weighted by molar-refractivity contribution is -0.128. The van der Waals surface area contributed by atoms with Gasteiger partial charge in [-0.3, -0.25) is 0 Å². The standard InChI is InChI=1S/C6H9F3O/c1-5(4-10-2)3-6(7,8)9/h1,3-4H2,2H3. The Hall–Kier alpha value is -0.510. The predicted molar refractivity (Wildman–Crippen MR) is 31.7 cm³/mol. The fourth-order valence-electron chi connectivity index (χ4n) is 0.539. The topological polar surface area (TPSA) is 9.23 Å². The molecule has 0 radical (unpaired) electrons. The Morgan fingerprint density at radius 1 is 1.50 bits per heavy atom. The van der Waals surface area contributed by atoms with Crippen LogP contribution in [0.3, 0.4) is 0 Å². The Kier molecular flexibility index (Phi) is 3.42. The van der Waals surface area contributed by atoms with Crippen LogP contribution in [0.15, 0.2) is 12.2 Å². The van der Waals surface area contributed by atoms with Gasteiger partial charge >= 0.3 is 6.18 Å². The van der Waals surface area contributed by atoms with E-state index in [-0.39, 0.29) is 12.2 Å². The first-order valence-electron chi connectivity index (χ1n) is 2.68. The Balaban J connectivity index is 3.58. The molecule has 4 heteroatoms. The lowest BCUT2D eigenvalue weighted by atomic mass is 10.2. The zero-order valence-corrected chi connectivity index (χ0v) is 5.66. The zero-order valence-electron chi connectivity index (χ0n) is 5.66. The van der Waals surface area contributed by atoms with Crippen molar-refractivity contribution in [2.45, 2.75) is 12.6 Å². The van der Waals surface area contributed by atoms with E-state index < -0.39 is 12.6 Å². The van der Waals surface area contributed by atoms with Crippen LogP contribution >= 0.6 is 0 Å². The normalized spacial score (nSPS) is 11.6. The monoisotopic (exact) mass is 154 g/mol. The molecule has 0 saturated heterocycles. The van der Waals surface area contributed by atoms with E-state index in [1.54, 1.807) is 0 Å². The molecule has 0 unspecified atom stereocenters. The molecule has 0 aromatic carbocycles. The maximum absolute atomic E-state index is 11.5. The predicted octanol–water partition coefficient (Wildman–Crippen LogP) is 2.14. The molecule has 0 aromatic rings. The number of halogens is 3. The molecule has 0 fully saturated rings. The molecular formula is C6H9F3O. The number of ether oxygens (including phenoxy) is 1. The van der Waals surface area contributed by atoms with Crippen molar-refractivity contribution >= 4 is 0 Å². The molecule has 0 amide bonds. The van der Waals surface area contributed by atoms with Crippen molar-refractivity contribution in [2.75, 3.05) is 13.7 Å². The smallest absolute Gasteiger partial charge is 0.380 e. The molecule has 0 bridgehead atoms. The van der Waals surface area contributed by atoms with Crippen LogP contribution in [0.2, 0.25) is 0 Å². The number of hydrogen-bond donors (Lipinski definition) is 0. The fraction of sp³-hybridized carbons (Fsp3) is 0.667. The average molecular weight is 154 g/mol. The van der Waals surface area contributed by atoms with E-state index in [1.165, 1.54) is 7.11 Å². The van der Waals surface area contributed by atoms with Gasteiger partial charge in [0.25, 0.3) is 0 Å². The molecule has 0 N–H and O–H groups in total. The summed E-state index contributed by atoms with van der Waals surface area (Å²) in [7, 11) is 1.33. The summed E-state index contributed by atoms with van der Waals surface area (Å²) in [6.07, 6.45) is -5.11. The van der Waals surface area contributed by atoms with Crippen LogP contribution in [0.5, 0.6) is 0 Å². The first-order chi connectivity index (χ1) is 4.45. The molecule has 0 spiro atoms. The van der Waals surface area contributed by atoms with Gasteiger partial charge in [-0.1, -0.05) is 6.58 Å². The van der Waals surface area contributed by atoms with Crippen LogP contribution in [-0.2, 0) is 4.74 Å². The number of methoxy groups -OCH3 is 1. The van der Waals surface area contributed by atoms with Gasteiger partial charge in [0.15, 0.2) is 0 Å². The molecule has 0 aromatic heterocycles. The van der Waals surface area contributed by atoms with Crippen molar-refractivity contribution in [3.05, 3.63) is 12.2 Å². The van der Waals surface area contributed by atoms with Crippen molar-refractivity contribution in [2.24, 2.45) is 0 Å². The third-order valence-electron chi connectivity index (χ3n) is 0.799. The molecule has 0 aliphatic rings. The largest absolute Gasteiger partial charge is 0.392 e. The highest BCUT2D eigenvalue weighted by molar-refractivity contribution is 4.96. The van der Waals surface area contributed by atoms with Gasteiger partial charge in [0, 0.05) is 7.11 Å². The summed E-state index contributed by atoms with van der Waals surface area (Å²) in [5.74, 6) is 0. The minimum absolute atomic E-state index is 0.0283. The second-order valence-corrected chi connectivity index (χ2v) is 1.97. The highest BCUT2D eigenvalue weighted by Gasteiger charge is 2.27. The van der Waals surface area contributed by atoms with Crippen LogP contribution in [-0.4, -0.2) is 19.9 Å². The summed E-state index contributed by atoms with van der Waals surface area (Å²) >= 11 is 0. The Bertz CT molecular complexity index is 117. The molecule has 0 heterocycles. The van der Waals surface area contributed by atoms with Gasteiger partial charge in [-0.25, -0.2) is 0 Å². The van der Waals surface area contributed by atoms with Gasteiger partial charge in [-0.15, -0.1) is 0 Å². The summed E-state index contributed by atoms with van der Waals surface area (Å²) in [6.45, 7) is 3.16. The minimum atomic E-state index is -4.16. The first kappa shape index (κ1) is 9.49. The third kappa shape index (κ3) is 5.62. The summed E-state index contributed by atoms with van der Waals surface area (Å²) in [5.41, 5.74) is 0.0509. The summed E-state index contributed by atoms with van der Waals surface area (Å²) in [6, 6.07) is 0. The summed E-state index contributed by atoms with van der Waals surface area (Å²) < 4.78 is 39.0. The number of alkyl halides is 3. The average Bonchev–Trinajstić information content (AvgIpc) is 1.59. The van der Waals surface area contributed by atoms with E-state index in [1.807, 2.05) is 0 Å². The van der Waals surface area contributed by atoms with Crippen molar-refractivity contribution in [3.63, 3.8) is 0 Å². The van der Waals surface area contributed by atoms with Gasteiger partial charge in [0.2, 0.25) is 0 Å². The van der Waals surface area contributed by atoms with E-state index in [9.17, 15) is 13.2 Å². The summed E-state index contributed by atoms with van der Waals surface area (Å²) in [4.78, 5) is 0. The van der Waals surface area contributed by atoms with Gasteiger partial charge in [0.1, 0.15) is 0 Å². The van der Waals surface area contributed by atoms with E-state index >= 15 is 0 Å². The van der Waals surface area contributed by atoms with Crippen molar-refractivity contribution in [1.82, 2.24) is 0 Å². The maximum atomic E-state index is 11.5. The van der Waals surface area contributed by atoms with Crippen LogP contribution < -0.4 is 0 Å². The number of rotatable bonds is 3. The Labute approximate surface area is 57.5 Å². The lowest BCUT2D eigenvalue weighted by Gasteiger charge is -2.07. The maximum Gasteiger partial charge on any atom is 0.392 e. The van der Waals surface area contributed by atoms with E-state index in [0.29, 0.717) is 0 Å². The minimum Gasteiger partial charge on any atom is -0.380 e. The number of hydrogen-bond acceptors (Lipinski definition) is 1. The van der Waals surface area contributed by atoms with E-state index in [0.717, 1.165) is 0 Å². The third-order valence-corrected chi connectivity index (χ3v) is 0.799. The van der Waals surface area contributed by atoms with E-state index in [4.69, 9.17) is 0 Å². The second kappa shape index (κ2) is 3.61. The molecule has 60 valence electrons. The quantitative estimate of drug-likeness (QED) is 0.566. The molecule has 1 nitrogen and oxygen atoms in total. The van der Waals surface area contributed by atoms with Crippen molar-refractivity contribution < 1.29 is 17.9 Å². The van der Waals surface area contributed by atoms with Gasteiger partial charge in [-0.2, -0.15) is 13.2 Å². The molecule has 0 atom stereocenters. The molecule has 10 heavy (non-hydrogen) atoms. The van der Waals surface area contributed by atoms with Crippen LogP contribution in [0.1, 0.15) is 6.42 Å². The van der Waals surface area contributed by atoms with Crippen molar-refractivity contribution in [3.8, 4) is 0 Å². The van der Waals surface area contributed by atoms with Gasteiger partial charge in [0.05, 0.1) is 13.0 Å². The molecule has 0 aliphatic heterocycles. The Morgan fingerprint density at radius 3 is 2.30 bits per heavy atom. The molecule has 0 saturated carbocycles. The first-order valence-corrected chi connectivity index (χ1v) is 2.68.